The number of nitrogens with zero attached hydrogens (tertiary/aromatic N) is 2. The van der Waals surface area contributed by atoms with Gasteiger partial charge in [-0.05, 0) is 32.9 Å². The maximum atomic E-state index is 11.8. The van der Waals surface area contributed by atoms with E-state index in [1.807, 2.05) is 34.1 Å². The van der Waals surface area contributed by atoms with Crippen LogP contribution in [0.3, 0.4) is 0 Å². The fraction of sp³-hybridized carbons (Fsp3) is 0.636. The first-order valence-corrected chi connectivity index (χ1v) is 5.15. The highest BCUT2D eigenvalue weighted by Crippen LogP contribution is 2.09. The van der Waals surface area contributed by atoms with Crippen molar-refractivity contribution >= 4 is 5.78 Å². The number of Topliss-reactive ketones (excluding diaryl/α,β-unsaturated/α-hetero) is 1. The molecular weight excluding hydrogens is 190 g/mol. The molecule has 4 nitrogen and oxygen atoms in total. The van der Waals surface area contributed by atoms with E-state index in [9.17, 15) is 4.79 Å². The van der Waals surface area contributed by atoms with Gasteiger partial charge in [-0.3, -0.25) is 9.48 Å². The highest BCUT2D eigenvalue weighted by atomic mass is 16.1. The maximum absolute atomic E-state index is 11.8. The quantitative estimate of drug-likeness (QED) is 0.784. The van der Waals surface area contributed by atoms with Gasteiger partial charge in [-0.25, -0.2) is 0 Å². The van der Waals surface area contributed by atoms with E-state index in [1.165, 1.54) is 0 Å². The topological polar surface area (TPSA) is 46.9 Å². The molecule has 1 aromatic rings. The normalized spacial score (nSPS) is 11.7. The second-order valence-electron chi connectivity index (χ2n) is 4.32. The Labute approximate surface area is 90.7 Å². The van der Waals surface area contributed by atoms with Gasteiger partial charge in [-0.2, -0.15) is 5.10 Å². The lowest BCUT2D eigenvalue weighted by atomic mass is 9.95. The van der Waals surface area contributed by atoms with E-state index in [1.54, 1.807) is 10.9 Å². The zero-order valence-corrected chi connectivity index (χ0v) is 9.87. The summed E-state index contributed by atoms with van der Waals surface area (Å²) in [6.45, 7) is 3.80. The molecule has 0 bridgehead atoms. The first kappa shape index (κ1) is 11.9. The molecule has 1 aromatic heterocycles. The zero-order chi connectivity index (χ0) is 11.5. The molecular formula is C11H19N3O. The Morgan fingerprint density at radius 1 is 1.60 bits per heavy atom. The lowest BCUT2D eigenvalue weighted by Gasteiger charge is -2.21. The fourth-order valence-electron chi connectivity index (χ4n) is 1.31. The van der Waals surface area contributed by atoms with Gasteiger partial charge in [0, 0.05) is 19.7 Å². The van der Waals surface area contributed by atoms with E-state index in [-0.39, 0.29) is 5.78 Å². The van der Waals surface area contributed by atoms with Crippen molar-refractivity contribution in [3.05, 3.63) is 18.0 Å². The highest BCUT2D eigenvalue weighted by Gasteiger charge is 2.24. The minimum atomic E-state index is -0.428. The molecule has 0 saturated carbocycles. The fourth-order valence-corrected chi connectivity index (χ4v) is 1.31. The van der Waals surface area contributed by atoms with Gasteiger partial charge < -0.3 is 5.32 Å². The van der Waals surface area contributed by atoms with Crippen molar-refractivity contribution < 1.29 is 4.79 Å². The molecule has 0 saturated heterocycles. The number of carbonyl (C=O) groups excluding carboxylic acids is 1. The number of nitrogens with one attached hydrogen (secondary N) is 1. The molecule has 0 aliphatic rings. The van der Waals surface area contributed by atoms with Gasteiger partial charge in [-0.15, -0.1) is 0 Å². The Morgan fingerprint density at radius 2 is 2.27 bits per heavy atom. The summed E-state index contributed by atoms with van der Waals surface area (Å²) in [4.78, 5) is 11.8. The number of aryl methyl sites for hydroxylation is 2. The van der Waals surface area contributed by atoms with Gasteiger partial charge in [0.05, 0.1) is 11.7 Å². The second-order valence-corrected chi connectivity index (χ2v) is 4.32. The molecule has 1 rings (SSSR count). The number of hydrogen-bond donors (Lipinski definition) is 1. The molecule has 0 fully saturated rings. The van der Waals surface area contributed by atoms with E-state index >= 15 is 0 Å². The molecule has 0 aliphatic carbocycles. The molecule has 0 radical (unpaired) electrons. The lowest BCUT2D eigenvalue weighted by Crippen LogP contribution is -2.44. The Bertz CT molecular complexity index is 341. The molecule has 15 heavy (non-hydrogen) atoms. The van der Waals surface area contributed by atoms with E-state index in [2.05, 4.69) is 10.4 Å². The van der Waals surface area contributed by atoms with Gasteiger partial charge in [-0.1, -0.05) is 0 Å². The van der Waals surface area contributed by atoms with Crippen LogP contribution in [0.5, 0.6) is 0 Å². The summed E-state index contributed by atoms with van der Waals surface area (Å²) in [6, 6.07) is 0. The predicted molar refractivity (Wildman–Crippen MR) is 59.7 cm³/mol. The van der Waals surface area contributed by atoms with Gasteiger partial charge in [0.15, 0.2) is 5.78 Å². The maximum Gasteiger partial charge on any atom is 0.152 e. The Morgan fingerprint density at radius 3 is 2.73 bits per heavy atom. The van der Waals surface area contributed by atoms with Crippen LogP contribution in [0.4, 0.5) is 0 Å². The van der Waals surface area contributed by atoms with Crippen molar-refractivity contribution in [3.63, 3.8) is 0 Å². The molecule has 1 heterocycles. The Kier molecular flexibility index (Phi) is 3.63. The molecule has 0 aliphatic heterocycles. The number of carbonyl (C=O) groups is 1. The van der Waals surface area contributed by atoms with Crippen LogP contribution in [0.1, 0.15) is 25.8 Å². The number of likely N-dealkylation sites (N-methyl/N-ethyl adjacent to an activating group) is 1. The second kappa shape index (κ2) is 4.57. The van der Waals surface area contributed by atoms with E-state index in [0.717, 1.165) is 12.0 Å². The number of rotatable bonds is 5. The zero-order valence-electron chi connectivity index (χ0n) is 9.87. The van der Waals surface area contributed by atoms with Crippen molar-refractivity contribution in [2.75, 3.05) is 7.05 Å². The van der Waals surface area contributed by atoms with Crippen LogP contribution in [-0.4, -0.2) is 28.2 Å². The number of ketones is 1. The van der Waals surface area contributed by atoms with Crippen LogP contribution in [0.25, 0.3) is 0 Å². The summed E-state index contributed by atoms with van der Waals surface area (Å²) >= 11 is 0. The lowest BCUT2D eigenvalue weighted by molar-refractivity contribution is -0.124. The first-order chi connectivity index (χ1) is 6.95. The van der Waals surface area contributed by atoms with Crippen molar-refractivity contribution in [1.82, 2.24) is 15.1 Å². The largest absolute Gasteiger partial charge is 0.308 e. The molecule has 0 atom stereocenters. The summed E-state index contributed by atoms with van der Waals surface area (Å²) in [5.74, 6) is 0.230. The van der Waals surface area contributed by atoms with E-state index in [4.69, 9.17) is 0 Å². The van der Waals surface area contributed by atoms with Gasteiger partial charge in [0.1, 0.15) is 0 Å². The summed E-state index contributed by atoms with van der Waals surface area (Å²) in [6.07, 6.45) is 5.07. The third kappa shape index (κ3) is 3.16. The van der Waals surface area contributed by atoms with Crippen molar-refractivity contribution in [1.29, 1.82) is 0 Å². The van der Waals surface area contributed by atoms with Crippen LogP contribution in [-0.2, 0) is 18.3 Å². The third-order valence-corrected chi connectivity index (χ3v) is 2.72. The van der Waals surface area contributed by atoms with Crippen molar-refractivity contribution in [2.45, 2.75) is 32.2 Å². The third-order valence-electron chi connectivity index (χ3n) is 2.72. The molecule has 1 N–H and O–H groups in total. The minimum absolute atomic E-state index is 0.230. The SMILES string of the molecule is CNC(C)(C)C(=O)CCc1cnn(C)c1. The van der Waals surface area contributed by atoms with Gasteiger partial charge in [0.2, 0.25) is 0 Å². The van der Waals surface area contributed by atoms with Crippen LogP contribution >= 0.6 is 0 Å². The van der Waals surface area contributed by atoms with Crippen LogP contribution < -0.4 is 5.32 Å². The molecule has 0 spiro atoms. The smallest absolute Gasteiger partial charge is 0.152 e. The molecule has 0 amide bonds. The molecule has 84 valence electrons. The standard InChI is InChI=1S/C11H19N3O/c1-11(2,12-3)10(15)6-5-9-7-13-14(4)8-9/h7-8,12H,5-6H2,1-4H3. The van der Waals surface area contributed by atoms with Crippen LogP contribution in [0.2, 0.25) is 0 Å². The van der Waals surface area contributed by atoms with Crippen LogP contribution in [0.15, 0.2) is 12.4 Å². The minimum Gasteiger partial charge on any atom is -0.308 e. The van der Waals surface area contributed by atoms with Crippen LogP contribution in [0, 0.1) is 0 Å². The van der Waals surface area contributed by atoms with E-state index < -0.39 is 5.54 Å². The summed E-state index contributed by atoms with van der Waals surface area (Å²) < 4.78 is 1.75. The number of hydrogen-bond acceptors (Lipinski definition) is 3. The van der Waals surface area contributed by atoms with E-state index in [0.29, 0.717) is 6.42 Å². The first-order valence-electron chi connectivity index (χ1n) is 5.15. The van der Waals surface area contributed by atoms with Gasteiger partial charge >= 0.3 is 0 Å². The van der Waals surface area contributed by atoms with Crippen molar-refractivity contribution in [3.8, 4) is 0 Å². The Hall–Kier alpha value is -1.16. The molecule has 0 unspecified atom stereocenters. The monoisotopic (exact) mass is 209 g/mol. The summed E-state index contributed by atoms with van der Waals surface area (Å²) in [5.41, 5.74) is 0.681. The Balaban J connectivity index is 2.47. The molecule has 4 heteroatoms. The van der Waals surface area contributed by atoms with Gasteiger partial charge in [0.25, 0.3) is 0 Å². The average Bonchev–Trinajstić information content (AvgIpc) is 2.60. The number of aromatic nitrogens is 2. The van der Waals surface area contributed by atoms with Crippen molar-refractivity contribution in [2.24, 2.45) is 7.05 Å². The molecule has 0 aromatic carbocycles. The summed E-state index contributed by atoms with van der Waals surface area (Å²) in [5, 5.41) is 7.08. The predicted octanol–water partition coefficient (Wildman–Crippen LogP) is 0.920. The summed E-state index contributed by atoms with van der Waals surface area (Å²) in [7, 11) is 3.69. The average molecular weight is 209 g/mol. The highest BCUT2D eigenvalue weighted by molar-refractivity contribution is 5.87.